The first-order chi connectivity index (χ1) is 11.1. The van der Waals surface area contributed by atoms with E-state index in [2.05, 4.69) is 10.0 Å². The van der Waals surface area contributed by atoms with Crippen LogP contribution in [0.5, 0.6) is 0 Å². The van der Waals surface area contributed by atoms with Gasteiger partial charge in [-0.25, -0.2) is 13.1 Å². The number of hydrogen-bond donors (Lipinski definition) is 2. The molecule has 1 saturated heterocycles. The van der Waals surface area contributed by atoms with Gasteiger partial charge in [-0.3, -0.25) is 4.79 Å². The highest BCUT2D eigenvalue weighted by Crippen LogP contribution is 2.28. The summed E-state index contributed by atoms with van der Waals surface area (Å²) in [6.07, 6.45) is 3.08. The molecule has 8 heteroatoms. The average Bonchev–Trinajstić information content (AvgIpc) is 3.39. The Morgan fingerprint density at radius 2 is 2.04 bits per heavy atom. The molecule has 1 saturated carbocycles. The molecule has 134 valence electrons. The van der Waals surface area contributed by atoms with Crippen LogP contribution in [0.2, 0.25) is 0 Å². The number of halogens is 1. The van der Waals surface area contributed by atoms with Gasteiger partial charge in [0.1, 0.15) is 0 Å². The van der Waals surface area contributed by atoms with Crippen LogP contribution in [0.15, 0.2) is 29.2 Å². The van der Waals surface area contributed by atoms with Crippen LogP contribution in [0.25, 0.3) is 0 Å². The highest BCUT2D eigenvalue weighted by Gasteiger charge is 2.25. The lowest BCUT2D eigenvalue weighted by molar-refractivity contribution is 0.0766. The molecule has 6 nitrogen and oxygen atoms in total. The van der Waals surface area contributed by atoms with Crippen molar-refractivity contribution in [2.24, 2.45) is 5.92 Å². The standard InChI is InChI=1S/C16H23N3O3S.ClH/c20-16(19-9-2-7-17-8-10-19)14-3-1-4-15(11-14)23(21,22)18-12-13-5-6-13;/h1,3-4,11,13,17-18H,2,5-10,12H2;1H. The molecule has 1 aromatic rings. The Bertz CT molecular complexity index is 669. The number of amides is 1. The number of sulfonamides is 1. The minimum atomic E-state index is -3.54. The van der Waals surface area contributed by atoms with E-state index in [1.807, 2.05) is 0 Å². The molecule has 0 spiro atoms. The van der Waals surface area contributed by atoms with Crippen LogP contribution in [0.3, 0.4) is 0 Å². The van der Waals surface area contributed by atoms with Gasteiger partial charge in [-0.2, -0.15) is 0 Å². The van der Waals surface area contributed by atoms with Crippen molar-refractivity contribution in [3.8, 4) is 0 Å². The second-order valence-corrected chi connectivity index (χ2v) is 7.99. The van der Waals surface area contributed by atoms with Gasteiger partial charge >= 0.3 is 0 Å². The van der Waals surface area contributed by atoms with Gasteiger partial charge in [-0.05, 0) is 49.9 Å². The highest BCUT2D eigenvalue weighted by molar-refractivity contribution is 7.89. The predicted molar refractivity (Wildman–Crippen MR) is 95.0 cm³/mol. The normalized spacial score (nSPS) is 18.6. The van der Waals surface area contributed by atoms with E-state index in [0.717, 1.165) is 32.4 Å². The fourth-order valence-electron chi connectivity index (χ4n) is 2.66. The van der Waals surface area contributed by atoms with Crippen LogP contribution in [0.4, 0.5) is 0 Å². The van der Waals surface area contributed by atoms with E-state index in [0.29, 0.717) is 31.1 Å². The van der Waals surface area contributed by atoms with Gasteiger partial charge in [0.15, 0.2) is 0 Å². The van der Waals surface area contributed by atoms with E-state index in [4.69, 9.17) is 0 Å². The van der Waals surface area contributed by atoms with Crippen LogP contribution in [0, 0.1) is 5.92 Å². The molecule has 0 radical (unpaired) electrons. The Morgan fingerprint density at radius 1 is 1.25 bits per heavy atom. The Balaban J connectivity index is 0.00000208. The third-order valence-corrected chi connectivity index (χ3v) is 5.70. The van der Waals surface area contributed by atoms with Crippen molar-refractivity contribution in [3.05, 3.63) is 29.8 Å². The van der Waals surface area contributed by atoms with Gasteiger partial charge < -0.3 is 10.2 Å². The van der Waals surface area contributed by atoms with Crippen LogP contribution in [-0.2, 0) is 10.0 Å². The zero-order valence-corrected chi connectivity index (χ0v) is 15.2. The molecule has 1 amide bonds. The van der Waals surface area contributed by atoms with E-state index >= 15 is 0 Å². The zero-order valence-electron chi connectivity index (χ0n) is 13.5. The van der Waals surface area contributed by atoms with Crippen LogP contribution >= 0.6 is 12.4 Å². The molecule has 2 fully saturated rings. The van der Waals surface area contributed by atoms with E-state index < -0.39 is 10.0 Å². The number of nitrogens with zero attached hydrogens (tertiary/aromatic N) is 1. The molecule has 1 aliphatic carbocycles. The van der Waals surface area contributed by atoms with Crippen molar-refractivity contribution < 1.29 is 13.2 Å². The van der Waals surface area contributed by atoms with Gasteiger partial charge in [0.2, 0.25) is 10.0 Å². The quantitative estimate of drug-likeness (QED) is 0.813. The summed E-state index contributed by atoms with van der Waals surface area (Å²) in [5.74, 6) is 0.368. The summed E-state index contributed by atoms with van der Waals surface area (Å²) in [6.45, 7) is 3.51. The minimum Gasteiger partial charge on any atom is -0.337 e. The van der Waals surface area contributed by atoms with Crippen LogP contribution in [0.1, 0.15) is 29.6 Å². The van der Waals surface area contributed by atoms with Gasteiger partial charge in [-0.1, -0.05) is 6.07 Å². The summed E-state index contributed by atoms with van der Waals surface area (Å²) in [5.41, 5.74) is 0.432. The number of hydrogen-bond acceptors (Lipinski definition) is 4. The molecular weight excluding hydrogens is 350 g/mol. The first kappa shape index (κ1) is 19.2. The lowest BCUT2D eigenvalue weighted by Crippen LogP contribution is -2.34. The first-order valence-corrected chi connectivity index (χ1v) is 9.64. The fourth-order valence-corrected chi connectivity index (χ4v) is 3.82. The smallest absolute Gasteiger partial charge is 0.253 e. The predicted octanol–water partition coefficient (Wildman–Crippen LogP) is 1.23. The molecule has 2 aliphatic rings. The topological polar surface area (TPSA) is 78.5 Å². The number of rotatable bonds is 5. The highest BCUT2D eigenvalue weighted by atomic mass is 35.5. The zero-order chi connectivity index (χ0) is 16.3. The number of nitrogens with one attached hydrogen (secondary N) is 2. The van der Waals surface area contributed by atoms with Crippen LogP contribution in [-0.4, -0.2) is 51.9 Å². The Hall–Kier alpha value is -1.15. The van der Waals surface area contributed by atoms with E-state index in [9.17, 15) is 13.2 Å². The third-order valence-electron chi connectivity index (χ3n) is 4.28. The van der Waals surface area contributed by atoms with Crippen molar-refractivity contribution in [1.29, 1.82) is 0 Å². The van der Waals surface area contributed by atoms with Gasteiger partial charge in [0.25, 0.3) is 5.91 Å². The van der Waals surface area contributed by atoms with Gasteiger partial charge in [-0.15, -0.1) is 12.4 Å². The number of benzene rings is 1. The van der Waals surface area contributed by atoms with Crippen molar-refractivity contribution in [2.45, 2.75) is 24.2 Å². The third kappa shape index (κ3) is 4.92. The maximum Gasteiger partial charge on any atom is 0.253 e. The van der Waals surface area contributed by atoms with Crippen molar-refractivity contribution in [3.63, 3.8) is 0 Å². The summed E-state index contributed by atoms with van der Waals surface area (Å²) < 4.78 is 27.3. The minimum absolute atomic E-state index is 0. The van der Waals surface area contributed by atoms with Crippen molar-refractivity contribution in [2.75, 3.05) is 32.7 Å². The molecule has 1 heterocycles. The molecule has 0 aromatic heterocycles. The van der Waals surface area contributed by atoms with E-state index in [1.54, 1.807) is 17.0 Å². The SMILES string of the molecule is Cl.O=C(c1cccc(S(=O)(=O)NCC2CC2)c1)N1CCCNCC1. The summed E-state index contributed by atoms with van der Waals surface area (Å²) in [5, 5.41) is 3.25. The molecule has 2 N–H and O–H groups in total. The van der Waals surface area contributed by atoms with Gasteiger partial charge in [0.05, 0.1) is 4.90 Å². The second-order valence-electron chi connectivity index (χ2n) is 6.22. The summed E-state index contributed by atoms with van der Waals surface area (Å²) in [7, 11) is -3.54. The second kappa shape index (κ2) is 8.29. The lowest BCUT2D eigenvalue weighted by Gasteiger charge is -2.20. The number of carbonyl (C=O) groups excluding carboxylic acids is 1. The average molecular weight is 374 g/mol. The molecule has 0 bridgehead atoms. The van der Waals surface area contributed by atoms with Crippen molar-refractivity contribution >= 4 is 28.3 Å². The summed E-state index contributed by atoms with van der Waals surface area (Å²) in [4.78, 5) is 14.5. The van der Waals surface area contributed by atoms with E-state index in [-0.39, 0.29) is 23.2 Å². The first-order valence-electron chi connectivity index (χ1n) is 8.16. The number of carbonyl (C=O) groups is 1. The molecule has 0 unspecified atom stereocenters. The Morgan fingerprint density at radius 3 is 2.79 bits per heavy atom. The van der Waals surface area contributed by atoms with E-state index in [1.165, 1.54) is 12.1 Å². The lowest BCUT2D eigenvalue weighted by atomic mass is 10.2. The molecule has 24 heavy (non-hydrogen) atoms. The molecule has 1 aliphatic heterocycles. The molecule has 0 atom stereocenters. The fraction of sp³-hybridized carbons (Fsp3) is 0.562. The largest absolute Gasteiger partial charge is 0.337 e. The summed E-state index contributed by atoms with van der Waals surface area (Å²) in [6, 6.07) is 6.33. The monoisotopic (exact) mass is 373 g/mol. The van der Waals surface area contributed by atoms with Crippen LogP contribution < -0.4 is 10.0 Å². The molecule has 3 rings (SSSR count). The maximum atomic E-state index is 12.6. The Labute approximate surface area is 149 Å². The summed E-state index contributed by atoms with van der Waals surface area (Å²) >= 11 is 0. The molecular formula is C16H24ClN3O3S. The van der Waals surface area contributed by atoms with Crippen molar-refractivity contribution in [1.82, 2.24) is 14.9 Å². The molecule has 1 aromatic carbocycles. The van der Waals surface area contributed by atoms with Gasteiger partial charge in [0, 0.05) is 31.7 Å². The Kier molecular flexibility index (Phi) is 6.62. The maximum absolute atomic E-state index is 12.6.